The fourth-order valence-electron chi connectivity index (χ4n) is 2.75. The van der Waals surface area contributed by atoms with Gasteiger partial charge in [-0.3, -0.25) is 9.59 Å². The van der Waals surface area contributed by atoms with E-state index in [1.807, 2.05) is 0 Å². The molecule has 1 unspecified atom stereocenters. The normalized spacial score (nSPS) is 15.8. The Balaban J connectivity index is 0.00000243. The lowest BCUT2D eigenvalue weighted by Gasteiger charge is -2.10. The minimum atomic E-state index is -0.345. The molecular formula is C19H21ClFN3O2. The Morgan fingerprint density at radius 3 is 2.50 bits per heavy atom. The number of carbonyl (C=O) groups excluding carboxylic acids is 2. The fourth-order valence-corrected chi connectivity index (χ4v) is 2.75. The topological polar surface area (TPSA) is 70.2 Å². The second-order valence-electron chi connectivity index (χ2n) is 6.03. The van der Waals surface area contributed by atoms with Crippen molar-refractivity contribution in [2.75, 3.05) is 18.4 Å². The summed E-state index contributed by atoms with van der Waals surface area (Å²) in [4.78, 5) is 24.2. The summed E-state index contributed by atoms with van der Waals surface area (Å²) in [6.45, 7) is 1.68. The highest BCUT2D eigenvalue weighted by Gasteiger charge is 2.22. The maximum atomic E-state index is 13.5. The van der Waals surface area contributed by atoms with Gasteiger partial charge in [0, 0.05) is 29.9 Å². The summed E-state index contributed by atoms with van der Waals surface area (Å²) in [5.41, 5.74) is 1.55. The third-order valence-corrected chi connectivity index (χ3v) is 4.24. The SMILES string of the molecule is Cl.O=C(NCc1ccccc1F)c1ccc(NC(=O)C2CCNC2)cc1. The average Bonchev–Trinajstić information content (AvgIpc) is 3.16. The average molecular weight is 378 g/mol. The molecule has 1 aliphatic rings. The van der Waals surface area contributed by atoms with Crippen LogP contribution in [-0.4, -0.2) is 24.9 Å². The van der Waals surface area contributed by atoms with Crippen molar-refractivity contribution in [1.82, 2.24) is 10.6 Å². The molecule has 0 saturated carbocycles. The Morgan fingerprint density at radius 2 is 1.85 bits per heavy atom. The highest BCUT2D eigenvalue weighted by atomic mass is 35.5. The van der Waals surface area contributed by atoms with Gasteiger partial charge in [0.05, 0.1) is 5.92 Å². The van der Waals surface area contributed by atoms with Crippen molar-refractivity contribution in [2.45, 2.75) is 13.0 Å². The lowest BCUT2D eigenvalue weighted by Crippen LogP contribution is -2.25. The number of hydrogen-bond acceptors (Lipinski definition) is 3. The number of amides is 2. The highest BCUT2D eigenvalue weighted by Crippen LogP contribution is 2.14. The van der Waals surface area contributed by atoms with E-state index in [2.05, 4.69) is 16.0 Å². The molecule has 0 aliphatic carbocycles. The summed E-state index contributed by atoms with van der Waals surface area (Å²) >= 11 is 0. The first-order chi connectivity index (χ1) is 12.1. The van der Waals surface area contributed by atoms with Crippen molar-refractivity contribution in [3.05, 3.63) is 65.5 Å². The van der Waals surface area contributed by atoms with Crippen molar-refractivity contribution in [1.29, 1.82) is 0 Å². The van der Waals surface area contributed by atoms with Crippen LogP contribution in [0, 0.1) is 11.7 Å². The summed E-state index contributed by atoms with van der Waals surface area (Å²) in [6, 6.07) is 13.0. The third kappa shape index (κ3) is 5.03. The van der Waals surface area contributed by atoms with Crippen molar-refractivity contribution < 1.29 is 14.0 Å². The van der Waals surface area contributed by atoms with Gasteiger partial charge in [-0.25, -0.2) is 4.39 Å². The van der Waals surface area contributed by atoms with Crippen LogP contribution >= 0.6 is 12.4 Å². The molecule has 3 rings (SSSR count). The number of hydrogen-bond donors (Lipinski definition) is 3. The molecule has 0 bridgehead atoms. The number of nitrogens with one attached hydrogen (secondary N) is 3. The van der Waals surface area contributed by atoms with Crippen molar-refractivity contribution in [3.8, 4) is 0 Å². The quantitative estimate of drug-likeness (QED) is 0.750. The standard InChI is InChI=1S/C19H20FN3O2.ClH/c20-17-4-2-1-3-14(17)12-22-18(24)13-5-7-16(8-6-13)23-19(25)15-9-10-21-11-15;/h1-8,15,21H,9-12H2,(H,22,24)(H,23,25);1H. The highest BCUT2D eigenvalue weighted by molar-refractivity contribution is 5.96. The molecule has 0 spiro atoms. The Labute approximate surface area is 157 Å². The molecule has 1 aliphatic heterocycles. The second kappa shape index (κ2) is 9.31. The maximum Gasteiger partial charge on any atom is 0.251 e. The van der Waals surface area contributed by atoms with Gasteiger partial charge >= 0.3 is 0 Å². The molecule has 2 aromatic carbocycles. The fraction of sp³-hybridized carbons (Fsp3) is 0.263. The minimum absolute atomic E-state index is 0. The van der Waals surface area contributed by atoms with Crippen LogP contribution in [0.3, 0.4) is 0 Å². The van der Waals surface area contributed by atoms with Crippen molar-refractivity contribution in [3.63, 3.8) is 0 Å². The third-order valence-electron chi connectivity index (χ3n) is 4.24. The molecule has 0 radical (unpaired) electrons. The number of carbonyl (C=O) groups is 2. The monoisotopic (exact) mass is 377 g/mol. The van der Waals surface area contributed by atoms with E-state index in [4.69, 9.17) is 0 Å². The molecule has 1 atom stereocenters. The first-order valence-corrected chi connectivity index (χ1v) is 8.27. The van der Waals surface area contributed by atoms with Crippen LogP contribution in [-0.2, 0) is 11.3 Å². The van der Waals surface area contributed by atoms with E-state index in [9.17, 15) is 14.0 Å². The molecule has 1 heterocycles. The number of benzene rings is 2. The number of halogens is 2. The zero-order chi connectivity index (χ0) is 17.6. The smallest absolute Gasteiger partial charge is 0.251 e. The summed E-state index contributed by atoms with van der Waals surface area (Å²) in [5, 5.41) is 8.70. The van der Waals surface area contributed by atoms with E-state index in [0.717, 1.165) is 13.0 Å². The van der Waals surface area contributed by atoms with Crippen LogP contribution in [0.1, 0.15) is 22.3 Å². The van der Waals surface area contributed by atoms with Crippen molar-refractivity contribution >= 4 is 29.9 Å². The zero-order valence-corrected chi connectivity index (χ0v) is 14.9. The minimum Gasteiger partial charge on any atom is -0.348 e. The molecule has 26 heavy (non-hydrogen) atoms. The van der Waals surface area contributed by atoms with Crippen molar-refractivity contribution in [2.24, 2.45) is 5.92 Å². The van der Waals surface area contributed by atoms with Crippen LogP contribution < -0.4 is 16.0 Å². The molecule has 3 N–H and O–H groups in total. The summed E-state index contributed by atoms with van der Waals surface area (Å²) < 4.78 is 13.5. The summed E-state index contributed by atoms with van der Waals surface area (Å²) in [6.07, 6.45) is 0.836. The van der Waals surface area contributed by atoms with E-state index in [-0.39, 0.29) is 42.5 Å². The predicted octanol–water partition coefficient (Wildman–Crippen LogP) is 2.73. The van der Waals surface area contributed by atoms with Gasteiger partial charge in [-0.2, -0.15) is 0 Å². The molecule has 2 amide bonds. The van der Waals surface area contributed by atoms with Crippen LogP contribution in [0.5, 0.6) is 0 Å². The number of rotatable bonds is 5. The summed E-state index contributed by atoms with van der Waals surface area (Å²) in [5.74, 6) is -0.658. The Kier molecular flexibility index (Phi) is 7.12. The molecular weight excluding hydrogens is 357 g/mol. The van der Waals surface area contributed by atoms with E-state index in [1.54, 1.807) is 42.5 Å². The predicted molar refractivity (Wildman–Crippen MR) is 101 cm³/mol. The van der Waals surface area contributed by atoms with Gasteiger partial charge in [-0.05, 0) is 43.3 Å². The van der Waals surface area contributed by atoms with Crippen LogP contribution in [0.2, 0.25) is 0 Å². The number of anilines is 1. The van der Waals surface area contributed by atoms with Gasteiger partial charge in [0.15, 0.2) is 0 Å². The molecule has 1 saturated heterocycles. The molecule has 1 fully saturated rings. The van der Waals surface area contributed by atoms with E-state index < -0.39 is 0 Å². The Hall–Kier alpha value is -2.44. The second-order valence-corrected chi connectivity index (χ2v) is 6.03. The van der Waals surface area contributed by atoms with Crippen LogP contribution in [0.15, 0.2) is 48.5 Å². The molecule has 7 heteroatoms. The maximum absolute atomic E-state index is 13.5. The van der Waals surface area contributed by atoms with E-state index in [0.29, 0.717) is 23.4 Å². The van der Waals surface area contributed by atoms with Gasteiger partial charge in [0.25, 0.3) is 5.91 Å². The summed E-state index contributed by atoms with van der Waals surface area (Å²) in [7, 11) is 0. The lowest BCUT2D eigenvalue weighted by atomic mass is 10.1. The largest absolute Gasteiger partial charge is 0.348 e. The van der Waals surface area contributed by atoms with Gasteiger partial charge in [-0.1, -0.05) is 18.2 Å². The van der Waals surface area contributed by atoms with Crippen LogP contribution in [0.4, 0.5) is 10.1 Å². The zero-order valence-electron chi connectivity index (χ0n) is 14.1. The van der Waals surface area contributed by atoms with E-state index >= 15 is 0 Å². The molecule has 2 aromatic rings. The lowest BCUT2D eigenvalue weighted by molar-refractivity contribution is -0.119. The Morgan fingerprint density at radius 1 is 1.12 bits per heavy atom. The van der Waals surface area contributed by atoms with Crippen LogP contribution in [0.25, 0.3) is 0 Å². The van der Waals surface area contributed by atoms with Gasteiger partial charge in [0.1, 0.15) is 5.82 Å². The van der Waals surface area contributed by atoms with E-state index in [1.165, 1.54) is 6.07 Å². The molecule has 0 aromatic heterocycles. The Bertz CT molecular complexity index is 762. The molecule has 5 nitrogen and oxygen atoms in total. The first kappa shape index (κ1) is 19.9. The van der Waals surface area contributed by atoms with Gasteiger partial charge in [-0.15, -0.1) is 12.4 Å². The van der Waals surface area contributed by atoms with Gasteiger partial charge in [0.2, 0.25) is 5.91 Å². The first-order valence-electron chi connectivity index (χ1n) is 8.27. The van der Waals surface area contributed by atoms with Gasteiger partial charge < -0.3 is 16.0 Å². The molecule has 138 valence electrons.